The van der Waals surface area contributed by atoms with Gasteiger partial charge in [-0.15, -0.1) is 0 Å². The van der Waals surface area contributed by atoms with E-state index in [1.165, 1.54) is 37.6 Å². The maximum Gasteiger partial charge on any atom is 0.337 e. The summed E-state index contributed by atoms with van der Waals surface area (Å²) in [6, 6.07) is 20.5. The predicted molar refractivity (Wildman–Crippen MR) is 155 cm³/mol. The van der Waals surface area contributed by atoms with Crippen LogP contribution in [0.5, 0.6) is 0 Å². The zero-order valence-corrected chi connectivity index (χ0v) is 22.7. The zero-order chi connectivity index (χ0) is 29.8. The van der Waals surface area contributed by atoms with Gasteiger partial charge >= 0.3 is 5.97 Å². The van der Waals surface area contributed by atoms with Crippen LogP contribution in [0.1, 0.15) is 32.2 Å². The predicted octanol–water partition coefficient (Wildman–Crippen LogP) is 3.77. The van der Waals surface area contributed by atoms with Gasteiger partial charge in [0.1, 0.15) is 23.6 Å². The van der Waals surface area contributed by atoms with Crippen LogP contribution in [0.2, 0.25) is 0 Å². The van der Waals surface area contributed by atoms with Crippen molar-refractivity contribution in [1.29, 1.82) is 0 Å². The van der Waals surface area contributed by atoms with Crippen LogP contribution in [0.25, 0.3) is 28.6 Å². The number of Topliss-reactive ketones (excluding diaryl/α,β-unsaturated/α-hetero) is 1. The van der Waals surface area contributed by atoms with Gasteiger partial charge in [0.15, 0.2) is 5.58 Å². The molecular weight excluding hydrogens is 538 g/mol. The highest BCUT2D eigenvalue weighted by molar-refractivity contribution is 6.11. The summed E-state index contributed by atoms with van der Waals surface area (Å²) in [7, 11) is 1.26. The molecule has 0 spiro atoms. The molecule has 0 fully saturated rings. The maximum absolute atomic E-state index is 13.6. The first kappa shape index (κ1) is 27.7. The van der Waals surface area contributed by atoms with Crippen LogP contribution < -0.4 is 16.6 Å². The molecule has 11 heteroatoms. The van der Waals surface area contributed by atoms with Crippen molar-refractivity contribution in [1.82, 2.24) is 19.9 Å². The van der Waals surface area contributed by atoms with E-state index < -0.39 is 29.8 Å². The highest BCUT2D eigenvalue weighted by atomic mass is 16.5. The second kappa shape index (κ2) is 11.7. The van der Waals surface area contributed by atoms with Crippen LogP contribution in [0.3, 0.4) is 0 Å². The number of nitrogens with two attached hydrogens (primary N) is 1. The third-order valence-corrected chi connectivity index (χ3v) is 6.32. The highest BCUT2D eigenvalue weighted by Crippen LogP contribution is 2.21. The van der Waals surface area contributed by atoms with E-state index in [0.29, 0.717) is 11.1 Å². The molecule has 5 aromatic rings. The minimum atomic E-state index is -0.722. The summed E-state index contributed by atoms with van der Waals surface area (Å²) in [5.74, 6) is -2.04. The molecule has 0 aliphatic carbocycles. The van der Waals surface area contributed by atoms with Crippen molar-refractivity contribution >= 4 is 40.5 Å². The van der Waals surface area contributed by atoms with Gasteiger partial charge in [-0.05, 0) is 36.8 Å². The Morgan fingerprint density at radius 3 is 2.50 bits per heavy atom. The molecule has 0 atom stereocenters. The number of methoxy groups -OCH3 is 1. The number of anilines is 1. The lowest BCUT2D eigenvalue weighted by Gasteiger charge is -2.14. The number of oxazole rings is 1. The normalized spacial score (nSPS) is 11.3. The van der Waals surface area contributed by atoms with Gasteiger partial charge in [-0.2, -0.15) is 0 Å². The Bertz CT molecular complexity index is 1910. The second-order valence-electron chi connectivity index (χ2n) is 9.33. The van der Waals surface area contributed by atoms with Crippen LogP contribution in [0, 0.1) is 6.92 Å². The number of nitrogen functional groups attached to an aromatic ring is 1. The lowest BCUT2D eigenvalue weighted by molar-refractivity contribution is -0.120. The number of esters is 1. The van der Waals surface area contributed by atoms with Crippen LogP contribution >= 0.6 is 0 Å². The molecule has 0 saturated heterocycles. The topological polar surface area (TPSA) is 159 Å². The molecule has 2 heterocycles. The summed E-state index contributed by atoms with van der Waals surface area (Å²) in [5, 5.41) is 2.60. The first-order chi connectivity index (χ1) is 20.2. The fraction of sp³-hybridized carbons (Fsp3) is 0.0968. The van der Waals surface area contributed by atoms with Gasteiger partial charge in [0, 0.05) is 5.56 Å². The van der Waals surface area contributed by atoms with Crippen molar-refractivity contribution in [3.8, 4) is 11.4 Å². The Labute approximate surface area is 239 Å². The summed E-state index contributed by atoms with van der Waals surface area (Å²) in [6.45, 7) is 1.45. The molecule has 3 aromatic carbocycles. The fourth-order valence-electron chi connectivity index (χ4n) is 4.18. The van der Waals surface area contributed by atoms with E-state index in [1.807, 2.05) is 25.1 Å². The summed E-state index contributed by atoms with van der Waals surface area (Å²) >= 11 is 0. The van der Waals surface area contributed by atoms with Crippen molar-refractivity contribution < 1.29 is 23.5 Å². The van der Waals surface area contributed by atoms with Gasteiger partial charge in [-0.1, -0.05) is 60.2 Å². The molecule has 5 rings (SSSR count). The van der Waals surface area contributed by atoms with E-state index in [1.54, 1.807) is 36.4 Å². The smallest absolute Gasteiger partial charge is 0.337 e. The Morgan fingerprint density at radius 1 is 1.05 bits per heavy atom. The average Bonchev–Trinajstić information content (AvgIpc) is 3.43. The van der Waals surface area contributed by atoms with Crippen molar-refractivity contribution in [3.63, 3.8) is 0 Å². The standard InChI is InChI=1S/C31H25N5O6/c1-18-8-10-20(11-9-18)28-33-16-22(32)30(39)36(28)17-26(37)34-24(14-19-6-4-3-5-7-19)27(38)29-35-23-15-21(31(40)41-2)12-13-25(23)42-29/h3-16H,17,32H2,1-2H3,(H,34,37). The van der Waals surface area contributed by atoms with Crippen molar-refractivity contribution in [2.75, 3.05) is 12.8 Å². The molecular formula is C31H25N5O6. The number of carbonyl (C=O) groups is 3. The van der Waals surface area contributed by atoms with Crippen LogP contribution in [0.4, 0.5) is 5.69 Å². The number of ketones is 1. The summed E-state index contributed by atoms with van der Waals surface area (Å²) < 4.78 is 11.5. The van der Waals surface area contributed by atoms with Crippen molar-refractivity contribution in [3.05, 3.63) is 118 Å². The molecule has 11 nitrogen and oxygen atoms in total. The minimum absolute atomic E-state index is 0.132. The number of nitrogens with zero attached hydrogens (tertiary/aromatic N) is 3. The summed E-state index contributed by atoms with van der Waals surface area (Å²) in [6.07, 6.45) is 2.71. The number of ether oxygens (including phenoxy) is 1. The summed E-state index contributed by atoms with van der Waals surface area (Å²) in [4.78, 5) is 60.3. The van der Waals surface area contributed by atoms with E-state index in [2.05, 4.69) is 15.3 Å². The number of hydrogen-bond donors (Lipinski definition) is 2. The molecule has 0 saturated carbocycles. The number of aryl methyl sites for hydroxylation is 1. The van der Waals surface area contributed by atoms with Crippen LogP contribution in [-0.4, -0.2) is 39.3 Å². The number of allylic oxidation sites excluding steroid dienone is 1. The molecule has 3 N–H and O–H groups in total. The Hall–Kier alpha value is -5.84. The minimum Gasteiger partial charge on any atom is -0.465 e. The van der Waals surface area contributed by atoms with E-state index in [4.69, 9.17) is 14.9 Å². The average molecular weight is 564 g/mol. The van der Waals surface area contributed by atoms with Gasteiger partial charge in [-0.25, -0.2) is 14.8 Å². The van der Waals surface area contributed by atoms with E-state index in [9.17, 15) is 19.2 Å². The number of hydrogen-bond acceptors (Lipinski definition) is 9. The van der Waals surface area contributed by atoms with Gasteiger partial charge in [0.25, 0.3) is 17.2 Å². The number of benzene rings is 3. The number of rotatable bonds is 8. The highest BCUT2D eigenvalue weighted by Gasteiger charge is 2.23. The molecule has 0 unspecified atom stereocenters. The fourth-order valence-corrected chi connectivity index (χ4v) is 4.18. The SMILES string of the molecule is COC(=O)c1ccc2oc(C(=O)C(=Cc3ccccc3)NC(=O)Cn3c(-c4ccc(C)cc4)ncc(N)c3=O)nc2c1. The molecule has 0 aliphatic heterocycles. The van der Waals surface area contributed by atoms with Gasteiger partial charge in [-0.3, -0.25) is 19.0 Å². The molecule has 42 heavy (non-hydrogen) atoms. The monoisotopic (exact) mass is 563 g/mol. The molecule has 2 aromatic heterocycles. The third kappa shape index (κ3) is 5.85. The Kier molecular flexibility index (Phi) is 7.74. The van der Waals surface area contributed by atoms with E-state index in [-0.39, 0.29) is 39.8 Å². The molecule has 0 radical (unpaired) electrons. The molecule has 0 aliphatic rings. The molecule has 0 bridgehead atoms. The Balaban J connectivity index is 1.49. The lowest BCUT2D eigenvalue weighted by Crippen LogP contribution is -2.35. The van der Waals surface area contributed by atoms with Gasteiger partial charge in [0.2, 0.25) is 5.91 Å². The first-order valence-electron chi connectivity index (χ1n) is 12.8. The Morgan fingerprint density at radius 2 is 1.79 bits per heavy atom. The number of carbonyl (C=O) groups excluding carboxylic acids is 3. The molecule has 1 amide bonds. The second-order valence-corrected chi connectivity index (χ2v) is 9.33. The number of nitrogens with one attached hydrogen (secondary N) is 1. The first-order valence-corrected chi connectivity index (χ1v) is 12.8. The quantitative estimate of drug-likeness (QED) is 0.163. The molecule has 210 valence electrons. The van der Waals surface area contributed by atoms with Crippen LogP contribution in [-0.2, 0) is 16.1 Å². The van der Waals surface area contributed by atoms with Crippen molar-refractivity contribution in [2.24, 2.45) is 0 Å². The third-order valence-electron chi connectivity index (χ3n) is 6.32. The van der Waals surface area contributed by atoms with Crippen molar-refractivity contribution in [2.45, 2.75) is 13.5 Å². The van der Waals surface area contributed by atoms with Gasteiger partial charge < -0.3 is 20.2 Å². The number of amides is 1. The lowest BCUT2D eigenvalue weighted by atomic mass is 10.1. The zero-order valence-electron chi connectivity index (χ0n) is 22.7. The number of aromatic nitrogens is 3. The van der Waals surface area contributed by atoms with Crippen LogP contribution in [0.15, 0.2) is 93.9 Å². The number of fused-ring (bicyclic) bond motifs is 1. The van der Waals surface area contributed by atoms with Gasteiger partial charge in [0.05, 0.1) is 24.6 Å². The summed E-state index contributed by atoms with van der Waals surface area (Å²) in [5.41, 5.74) is 7.94. The van der Waals surface area contributed by atoms with E-state index in [0.717, 1.165) is 10.1 Å². The maximum atomic E-state index is 13.6. The largest absolute Gasteiger partial charge is 0.465 e. The van der Waals surface area contributed by atoms with E-state index >= 15 is 0 Å².